The lowest BCUT2D eigenvalue weighted by atomic mass is 10.2. The van der Waals surface area contributed by atoms with Crippen LogP contribution in [0.15, 0.2) is 18.2 Å². The largest absolute Gasteiger partial charge is 0.383 e. The zero-order chi connectivity index (χ0) is 13.2. The summed E-state index contributed by atoms with van der Waals surface area (Å²) in [6.45, 7) is 4.58. The molecule has 18 heavy (non-hydrogen) atoms. The molecule has 0 fully saturated rings. The number of benzene rings is 1. The van der Waals surface area contributed by atoms with Crippen molar-refractivity contribution in [2.45, 2.75) is 13.0 Å². The Morgan fingerprint density at radius 1 is 1.22 bits per heavy atom. The standard InChI is InChI=1S/C13H20ClIN2O/c1-18-8-7-16-5-2-6-17-10-11-3-4-13(15)12(14)9-11/h3-4,9,16-17H,2,5-8,10H2,1H3. The topological polar surface area (TPSA) is 33.3 Å². The van der Waals surface area contributed by atoms with Crippen LogP contribution in [0, 0.1) is 3.57 Å². The summed E-state index contributed by atoms with van der Waals surface area (Å²) in [6.07, 6.45) is 1.11. The summed E-state index contributed by atoms with van der Waals surface area (Å²) < 4.78 is 6.05. The molecule has 0 saturated heterocycles. The van der Waals surface area contributed by atoms with Crippen LogP contribution in [0.1, 0.15) is 12.0 Å². The molecule has 0 atom stereocenters. The predicted octanol–water partition coefficient (Wildman–Crippen LogP) is 2.66. The Labute approximate surface area is 128 Å². The van der Waals surface area contributed by atoms with Gasteiger partial charge >= 0.3 is 0 Å². The van der Waals surface area contributed by atoms with Crippen molar-refractivity contribution in [3.63, 3.8) is 0 Å². The fraction of sp³-hybridized carbons (Fsp3) is 0.538. The average Bonchev–Trinajstić information content (AvgIpc) is 2.37. The first-order valence-electron chi connectivity index (χ1n) is 6.08. The SMILES string of the molecule is COCCNCCCNCc1ccc(I)c(Cl)c1. The molecule has 0 aliphatic carbocycles. The Bertz CT molecular complexity index is 350. The summed E-state index contributed by atoms with van der Waals surface area (Å²) in [5, 5.41) is 7.55. The monoisotopic (exact) mass is 382 g/mol. The van der Waals surface area contributed by atoms with Gasteiger partial charge in [-0.1, -0.05) is 17.7 Å². The van der Waals surface area contributed by atoms with Gasteiger partial charge in [0.25, 0.3) is 0 Å². The fourth-order valence-corrected chi connectivity index (χ4v) is 2.06. The quantitative estimate of drug-likeness (QED) is 0.509. The third-order valence-electron chi connectivity index (χ3n) is 2.50. The van der Waals surface area contributed by atoms with Gasteiger partial charge in [-0.2, -0.15) is 0 Å². The van der Waals surface area contributed by atoms with E-state index < -0.39 is 0 Å². The number of hydrogen-bond acceptors (Lipinski definition) is 3. The number of hydrogen-bond donors (Lipinski definition) is 2. The first kappa shape index (κ1) is 16.2. The second-order valence-electron chi connectivity index (χ2n) is 4.02. The second kappa shape index (κ2) is 9.97. The van der Waals surface area contributed by atoms with E-state index in [2.05, 4.69) is 39.3 Å². The van der Waals surface area contributed by atoms with Gasteiger partial charge in [-0.05, 0) is 59.8 Å². The van der Waals surface area contributed by atoms with Gasteiger partial charge in [0.05, 0.1) is 11.6 Å². The predicted molar refractivity (Wildman–Crippen MR) is 85.2 cm³/mol. The van der Waals surface area contributed by atoms with E-state index >= 15 is 0 Å². The highest BCUT2D eigenvalue weighted by atomic mass is 127. The van der Waals surface area contributed by atoms with Gasteiger partial charge in [0.15, 0.2) is 0 Å². The summed E-state index contributed by atoms with van der Waals surface area (Å²) in [5.74, 6) is 0. The second-order valence-corrected chi connectivity index (χ2v) is 5.59. The maximum Gasteiger partial charge on any atom is 0.0587 e. The molecule has 1 aromatic carbocycles. The molecule has 0 aliphatic heterocycles. The molecule has 1 rings (SSSR count). The van der Waals surface area contributed by atoms with E-state index in [9.17, 15) is 0 Å². The van der Waals surface area contributed by atoms with Gasteiger partial charge in [-0.25, -0.2) is 0 Å². The highest BCUT2D eigenvalue weighted by molar-refractivity contribution is 14.1. The summed E-state index contributed by atoms with van der Waals surface area (Å²) >= 11 is 8.30. The number of rotatable bonds is 9. The van der Waals surface area contributed by atoms with Crippen LogP contribution in [-0.2, 0) is 11.3 Å². The number of ether oxygens (including phenoxy) is 1. The van der Waals surface area contributed by atoms with E-state index in [4.69, 9.17) is 16.3 Å². The van der Waals surface area contributed by atoms with Crippen molar-refractivity contribution >= 4 is 34.2 Å². The van der Waals surface area contributed by atoms with E-state index in [0.717, 1.165) is 47.8 Å². The van der Waals surface area contributed by atoms with Gasteiger partial charge in [-0.15, -0.1) is 0 Å². The lowest BCUT2D eigenvalue weighted by Crippen LogP contribution is -2.24. The molecule has 0 aliphatic rings. The molecule has 0 spiro atoms. The zero-order valence-corrected chi connectivity index (χ0v) is 13.6. The van der Waals surface area contributed by atoms with Crippen LogP contribution in [0.3, 0.4) is 0 Å². The maximum atomic E-state index is 6.07. The molecule has 0 amide bonds. The van der Waals surface area contributed by atoms with Crippen LogP contribution < -0.4 is 10.6 Å². The summed E-state index contributed by atoms with van der Waals surface area (Å²) in [5.41, 5.74) is 1.23. The normalized spacial score (nSPS) is 10.8. The Morgan fingerprint density at radius 3 is 2.72 bits per heavy atom. The van der Waals surface area contributed by atoms with Gasteiger partial charge in [-0.3, -0.25) is 0 Å². The fourth-order valence-electron chi connectivity index (χ4n) is 1.52. The van der Waals surface area contributed by atoms with Crippen molar-refractivity contribution in [3.05, 3.63) is 32.4 Å². The lowest BCUT2D eigenvalue weighted by molar-refractivity contribution is 0.199. The van der Waals surface area contributed by atoms with Crippen molar-refractivity contribution in [3.8, 4) is 0 Å². The van der Waals surface area contributed by atoms with Crippen LogP contribution in [0.5, 0.6) is 0 Å². The number of halogens is 2. The van der Waals surface area contributed by atoms with E-state index in [0.29, 0.717) is 0 Å². The minimum Gasteiger partial charge on any atom is -0.383 e. The van der Waals surface area contributed by atoms with Crippen LogP contribution in [-0.4, -0.2) is 33.4 Å². The highest BCUT2D eigenvalue weighted by Gasteiger charge is 1.98. The van der Waals surface area contributed by atoms with E-state index in [-0.39, 0.29) is 0 Å². The molecule has 0 saturated carbocycles. The third-order valence-corrected chi connectivity index (χ3v) is 4.08. The van der Waals surface area contributed by atoms with Crippen molar-refractivity contribution in [2.75, 3.05) is 33.4 Å². The molecular formula is C13H20ClIN2O. The molecule has 3 nitrogen and oxygen atoms in total. The Balaban J connectivity index is 2.05. The van der Waals surface area contributed by atoms with Crippen molar-refractivity contribution < 1.29 is 4.74 Å². The van der Waals surface area contributed by atoms with Gasteiger partial charge in [0.2, 0.25) is 0 Å². The smallest absolute Gasteiger partial charge is 0.0587 e. The van der Waals surface area contributed by atoms with Crippen molar-refractivity contribution in [2.24, 2.45) is 0 Å². The van der Waals surface area contributed by atoms with E-state index in [1.54, 1.807) is 7.11 Å². The zero-order valence-electron chi connectivity index (χ0n) is 10.6. The molecule has 0 aromatic heterocycles. The van der Waals surface area contributed by atoms with Crippen molar-refractivity contribution in [1.82, 2.24) is 10.6 Å². The highest BCUT2D eigenvalue weighted by Crippen LogP contribution is 2.19. The van der Waals surface area contributed by atoms with Crippen LogP contribution in [0.2, 0.25) is 5.02 Å². The molecule has 1 aromatic rings. The van der Waals surface area contributed by atoms with Gasteiger partial charge in [0, 0.05) is 23.8 Å². The number of nitrogens with one attached hydrogen (secondary N) is 2. The average molecular weight is 383 g/mol. The number of methoxy groups -OCH3 is 1. The molecule has 0 radical (unpaired) electrons. The lowest BCUT2D eigenvalue weighted by Gasteiger charge is -2.07. The Morgan fingerprint density at radius 2 is 2.00 bits per heavy atom. The summed E-state index contributed by atoms with van der Waals surface area (Å²) in [6, 6.07) is 6.18. The third kappa shape index (κ3) is 6.89. The van der Waals surface area contributed by atoms with Crippen molar-refractivity contribution in [1.29, 1.82) is 0 Å². The molecule has 2 N–H and O–H groups in total. The molecular weight excluding hydrogens is 363 g/mol. The Hall–Kier alpha value is 0.120. The molecule has 0 heterocycles. The summed E-state index contributed by atoms with van der Waals surface area (Å²) in [7, 11) is 1.72. The minimum absolute atomic E-state index is 0.772. The van der Waals surface area contributed by atoms with Gasteiger partial charge in [0.1, 0.15) is 0 Å². The van der Waals surface area contributed by atoms with Gasteiger partial charge < -0.3 is 15.4 Å². The van der Waals surface area contributed by atoms with Crippen LogP contribution in [0.25, 0.3) is 0 Å². The maximum absolute atomic E-state index is 6.07. The van der Waals surface area contributed by atoms with Crippen LogP contribution >= 0.6 is 34.2 Å². The Kier molecular flexibility index (Phi) is 8.96. The molecule has 5 heteroatoms. The van der Waals surface area contributed by atoms with Crippen LogP contribution in [0.4, 0.5) is 0 Å². The molecule has 0 unspecified atom stereocenters. The summed E-state index contributed by atoms with van der Waals surface area (Å²) in [4.78, 5) is 0. The minimum atomic E-state index is 0.772. The van der Waals surface area contributed by atoms with E-state index in [1.807, 2.05) is 12.1 Å². The molecule has 102 valence electrons. The first-order valence-corrected chi connectivity index (χ1v) is 7.54. The van der Waals surface area contributed by atoms with E-state index in [1.165, 1.54) is 5.56 Å². The first-order chi connectivity index (χ1) is 8.74. The molecule has 0 bridgehead atoms.